The Balaban J connectivity index is 0.000000103. The maximum absolute atomic E-state index is 14.6. The van der Waals surface area contributed by atoms with E-state index in [-0.39, 0.29) is 29.1 Å². The normalized spacial score (nSPS) is 13.7. The van der Waals surface area contributed by atoms with Crippen molar-refractivity contribution in [1.82, 2.24) is 137 Å². The van der Waals surface area contributed by atoms with Gasteiger partial charge in [-0.25, -0.2) is 66.8 Å². The van der Waals surface area contributed by atoms with E-state index in [1.54, 1.807) is 109 Å². The molecule has 6 aliphatic carbocycles. The molecule has 0 spiro atoms. The number of hydrogen-bond donors (Lipinski definition) is 1. The Morgan fingerprint density at radius 1 is 0.368 bits per heavy atom. The van der Waals surface area contributed by atoms with Crippen LogP contribution in [0.25, 0.3) is 78.6 Å². The van der Waals surface area contributed by atoms with E-state index in [1.807, 2.05) is 149 Å². The molecule has 1 fully saturated rings. The number of anilines is 1. The molecule has 0 radical (unpaired) electrons. The van der Waals surface area contributed by atoms with Crippen LogP contribution in [0.2, 0.25) is 0 Å². The minimum absolute atomic E-state index is 0.108. The quantitative estimate of drug-likeness (QED) is 0.0616. The van der Waals surface area contributed by atoms with Crippen LogP contribution in [-0.4, -0.2) is 144 Å². The highest BCUT2D eigenvalue weighted by Gasteiger charge is 2.31. The molecular weight excluding hydrogens is 1830 g/mol. The lowest BCUT2D eigenvalue weighted by Crippen LogP contribution is -2.10. The van der Waals surface area contributed by atoms with Crippen molar-refractivity contribution in [1.29, 1.82) is 0 Å². The lowest BCUT2D eigenvalue weighted by Gasteiger charge is -2.13. The van der Waals surface area contributed by atoms with E-state index in [0.29, 0.717) is 87.0 Å². The first-order chi connectivity index (χ1) is 70.4. The van der Waals surface area contributed by atoms with E-state index in [1.165, 1.54) is 62.9 Å². The van der Waals surface area contributed by atoms with Crippen LogP contribution in [0.15, 0.2) is 179 Å². The van der Waals surface area contributed by atoms with Gasteiger partial charge in [0.25, 0.3) is 0 Å². The average Bonchev–Trinajstić information content (AvgIpc) is 1.55. The number of aromatic nitrogens is 28. The summed E-state index contributed by atoms with van der Waals surface area (Å²) in [6.45, 7) is 10.2. The minimum Gasteiger partial charge on any atom is -0.481 e. The Morgan fingerprint density at radius 3 is 1.21 bits per heavy atom. The topological polar surface area (TPSA) is 324 Å². The summed E-state index contributed by atoms with van der Waals surface area (Å²) in [6, 6.07) is 25.4. The van der Waals surface area contributed by atoms with Gasteiger partial charge in [0.1, 0.15) is 95.5 Å². The second-order valence-electron chi connectivity index (χ2n) is 37.8. The molecule has 0 bridgehead atoms. The van der Waals surface area contributed by atoms with E-state index in [0.717, 1.165) is 254 Å². The summed E-state index contributed by atoms with van der Waals surface area (Å²) in [6.07, 6.45) is 49.2. The zero-order valence-electron chi connectivity index (χ0n) is 81.0. The highest BCUT2D eigenvalue weighted by atomic mass is 19.1. The van der Waals surface area contributed by atoms with Gasteiger partial charge in [0.2, 0.25) is 11.8 Å². The largest absolute Gasteiger partial charge is 0.481 e. The summed E-state index contributed by atoms with van der Waals surface area (Å²) in [5.74, 6) is 5.27. The van der Waals surface area contributed by atoms with Crippen LogP contribution in [0.4, 0.5) is 27.9 Å². The van der Waals surface area contributed by atoms with Crippen molar-refractivity contribution in [3.63, 3.8) is 0 Å². The van der Waals surface area contributed by atoms with Gasteiger partial charge in [-0.15, -0.1) is 51.0 Å². The van der Waals surface area contributed by atoms with Crippen LogP contribution < -0.4 is 10.1 Å². The molecule has 0 unspecified atom stereocenters. The Morgan fingerprint density at radius 2 is 0.778 bits per heavy atom. The predicted molar refractivity (Wildman–Crippen MR) is 532 cm³/mol. The van der Waals surface area contributed by atoms with Crippen LogP contribution in [0.3, 0.4) is 0 Å². The number of ether oxygens (including phenoxy) is 1. The van der Waals surface area contributed by atoms with Crippen molar-refractivity contribution < 1.29 is 26.7 Å². The third-order valence-electron chi connectivity index (χ3n) is 28.9. The Hall–Kier alpha value is -16.1. The maximum Gasteiger partial charge on any atom is 0.213 e. The van der Waals surface area contributed by atoms with Crippen LogP contribution in [0.1, 0.15) is 192 Å². The molecule has 6 aliphatic rings. The first-order valence-electron chi connectivity index (χ1n) is 49.3. The number of aryl methyl sites for hydroxylation is 15. The number of hydrogen-bond acceptors (Lipinski definition) is 23. The molecule has 0 atom stereocenters. The molecule has 726 valence electrons. The van der Waals surface area contributed by atoms with Gasteiger partial charge in [-0.05, 0) is 295 Å². The molecule has 26 rings (SSSR count). The van der Waals surface area contributed by atoms with Gasteiger partial charge < -0.3 is 14.6 Å². The van der Waals surface area contributed by atoms with Crippen molar-refractivity contribution >= 4 is 34.2 Å². The molecule has 0 amide bonds. The summed E-state index contributed by atoms with van der Waals surface area (Å²) in [4.78, 5) is 45.4. The monoisotopic (exact) mass is 1930 g/mol. The second-order valence-corrected chi connectivity index (χ2v) is 37.8. The van der Waals surface area contributed by atoms with Gasteiger partial charge in [-0.3, -0.25) is 31.7 Å². The van der Waals surface area contributed by atoms with Crippen LogP contribution in [-0.2, 0) is 129 Å². The molecule has 144 heavy (non-hydrogen) atoms. The molecule has 1 saturated carbocycles. The van der Waals surface area contributed by atoms with E-state index in [9.17, 15) is 22.0 Å². The first kappa shape index (κ1) is 92.9. The van der Waals surface area contributed by atoms with Gasteiger partial charge in [0.05, 0.1) is 42.3 Å². The molecule has 35 heteroatoms. The van der Waals surface area contributed by atoms with E-state index < -0.39 is 0 Å². The Labute approximate surface area is 825 Å². The van der Waals surface area contributed by atoms with Crippen LogP contribution in [0, 0.1) is 63.7 Å². The summed E-state index contributed by atoms with van der Waals surface area (Å²) < 4.78 is 90.7. The molecular formula is C109H104F5N29O. The number of imidazole rings is 1. The summed E-state index contributed by atoms with van der Waals surface area (Å²) in [5.41, 5.74) is 32.7. The van der Waals surface area contributed by atoms with Crippen LogP contribution >= 0.6 is 0 Å². The van der Waals surface area contributed by atoms with E-state index in [4.69, 9.17) is 14.7 Å². The minimum atomic E-state index is -0.171. The van der Waals surface area contributed by atoms with Gasteiger partial charge >= 0.3 is 0 Å². The molecule has 15 aromatic heterocycles. The fourth-order valence-corrected chi connectivity index (χ4v) is 21.4. The average molecular weight is 1930 g/mol. The Kier molecular flexibility index (Phi) is 25.9. The number of nitrogens with zero attached hydrogens (tertiary/aromatic N) is 28. The smallest absolute Gasteiger partial charge is 0.213 e. The molecule has 5 aromatic carbocycles. The highest BCUT2D eigenvalue weighted by Crippen LogP contribution is 2.41. The summed E-state index contributed by atoms with van der Waals surface area (Å²) in [7, 11) is 3.49. The SMILES string of the molecule is COc1cc(C)c(-c2cnc(CCc3c(F)ccc4c3CCC4)n3cnnc23)cn1.Cc1cc(-c2cnc(NCc3c(F)ccc4c3CCC4)n3cnnc23)n(C)n1.Cc1cn(-c2cnc(CCc3c(F)ccc4c3CCC4)n3cnnc23)cn1.Cc1nc(C2CC2)ncc1-c1cnc(CCc2c(F)ccc3c2CCC3)n2cnnc12.Cc1ncccc1-c1cnc(CCc2c(F)ccc3c2CCC3)n2cnnc12. The zero-order chi connectivity index (χ0) is 98.3. The molecule has 20 aromatic rings. The van der Waals surface area contributed by atoms with Gasteiger partial charge in [0.15, 0.2) is 28.2 Å². The molecule has 15 heterocycles. The third kappa shape index (κ3) is 18.5. The van der Waals surface area contributed by atoms with E-state index >= 15 is 0 Å². The number of benzene rings is 5. The molecule has 0 aliphatic heterocycles. The number of halogens is 5. The molecule has 30 nitrogen and oxygen atoms in total. The first-order valence-corrected chi connectivity index (χ1v) is 49.3. The lowest BCUT2D eigenvalue weighted by atomic mass is 9.98. The number of rotatable bonds is 22. The van der Waals surface area contributed by atoms with Crippen molar-refractivity contribution in [3.05, 3.63) is 349 Å². The van der Waals surface area contributed by atoms with Crippen LogP contribution in [0.5, 0.6) is 5.88 Å². The van der Waals surface area contributed by atoms with Crippen molar-refractivity contribution in [2.24, 2.45) is 7.05 Å². The molecule has 1 N–H and O–H groups in total. The number of nitrogens with one attached hydrogen (secondary N) is 1. The zero-order valence-corrected chi connectivity index (χ0v) is 81.0. The maximum atomic E-state index is 14.6. The lowest BCUT2D eigenvalue weighted by molar-refractivity contribution is 0.397. The third-order valence-corrected chi connectivity index (χ3v) is 28.9. The highest BCUT2D eigenvalue weighted by molar-refractivity contribution is 5.81. The van der Waals surface area contributed by atoms with Crippen molar-refractivity contribution in [2.75, 3.05) is 12.4 Å². The predicted octanol–water partition coefficient (Wildman–Crippen LogP) is 18.1. The number of fused-ring (bicyclic) bond motifs is 10. The Bertz CT molecular complexity index is 8290. The van der Waals surface area contributed by atoms with Gasteiger partial charge in [0, 0.05) is 151 Å². The standard InChI is InChI=1S/C24H23FN6.C23H22FN5O.C22H20FN5.C20H20FN7.C20H19FN6/c1-14-19(11-27-23(29-14)16-5-6-16)20-12-26-22(31-13-28-30-24(20)31)10-8-18-17-4-2-3-15(17)7-9-21(18)25;1-14-10-22(30-2)26-11-18(14)19-12-25-21(29-13-27-28-23(19)29)9-7-17-16-5-3-4-15(16)6-8-20(17)24;1-14-16(6-3-11-24-14)19-12-25-21(28-13-26-27-22(19)28)10-8-18-17-5-2-4-15(17)7-9-20(18)23;1-12-8-18(27(2)26-12)16-10-23-20(28-11-24-25-19(16)28)22-9-15-14-5-3-4-13(14)6-7-17(15)21;1-13-10-26(11-23-13)18-9-22-19(27-12-24-25-20(18)27)8-6-16-15-4-2-3-14(15)5-7-17(16)21/h7,9,11-13,16H,2-6,8,10H2,1H3;6,8,10-13H,3-5,7,9H2,1-2H3;3,6-7,9,11-13H,2,4-5,8,10H2,1H3;6-8,10-11H,3-5,9H2,1-2H3,(H,22,23);5,7,9-12H,2-4,6,8H2,1H3. The number of methoxy groups -OCH3 is 1. The molecule has 0 saturated heterocycles. The fraction of sp³-hybridized carbons (Fsp3) is 0.312. The fourth-order valence-electron chi connectivity index (χ4n) is 21.4. The summed E-state index contributed by atoms with van der Waals surface area (Å²) in [5, 5.41) is 49.5. The van der Waals surface area contributed by atoms with Crippen molar-refractivity contribution in [2.45, 2.75) is 208 Å². The summed E-state index contributed by atoms with van der Waals surface area (Å²) >= 11 is 0. The second kappa shape index (κ2) is 40.1. The van der Waals surface area contributed by atoms with Crippen molar-refractivity contribution in [3.8, 4) is 56.2 Å². The van der Waals surface area contributed by atoms with E-state index in [2.05, 4.69) is 101 Å². The van der Waals surface area contributed by atoms with Gasteiger partial charge in [-0.2, -0.15) is 5.10 Å². The number of pyridine rings is 2. The van der Waals surface area contributed by atoms with Gasteiger partial charge in [-0.1, -0.05) is 36.4 Å².